The predicted octanol–water partition coefficient (Wildman–Crippen LogP) is 0.944. The van der Waals surface area contributed by atoms with E-state index in [1.807, 2.05) is 0 Å². The fourth-order valence-corrected chi connectivity index (χ4v) is 3.86. The van der Waals surface area contributed by atoms with Crippen LogP contribution in [-0.4, -0.2) is 73.0 Å². The van der Waals surface area contributed by atoms with Gasteiger partial charge in [0.15, 0.2) is 0 Å². The maximum absolute atomic E-state index is 10.1. The van der Waals surface area contributed by atoms with Gasteiger partial charge in [0, 0.05) is 13.2 Å². The highest BCUT2D eigenvalue weighted by Crippen LogP contribution is 2.24. The number of nitrogens with zero attached hydrogens (tertiary/aromatic N) is 2. The Hall–Kier alpha value is -0.160. The highest BCUT2D eigenvalue weighted by molar-refractivity contribution is 4.86. The molecule has 0 aromatic carbocycles. The number of hydrogen-bond acceptors (Lipinski definition) is 4. The summed E-state index contributed by atoms with van der Waals surface area (Å²) in [6.45, 7) is 7.66. The number of ether oxygens (including phenoxy) is 1. The molecular weight excluding hydrogens is 240 g/mol. The standard InChI is InChI=1S/C15H28N2O2/c18-15-5-10-19-12-14(15)17-8-3-13(4-9-17)11-16-6-1-2-7-16/h13-15,18H,1-12H2. The van der Waals surface area contributed by atoms with Crippen LogP contribution in [0, 0.1) is 5.92 Å². The highest BCUT2D eigenvalue weighted by Gasteiger charge is 2.32. The molecule has 3 fully saturated rings. The lowest BCUT2D eigenvalue weighted by Crippen LogP contribution is -2.52. The molecule has 0 amide bonds. The Kier molecular flexibility index (Phi) is 4.74. The largest absolute Gasteiger partial charge is 0.391 e. The van der Waals surface area contributed by atoms with Crippen LogP contribution < -0.4 is 0 Å². The predicted molar refractivity (Wildman–Crippen MR) is 75.2 cm³/mol. The Bertz CT molecular complexity index is 273. The van der Waals surface area contributed by atoms with Gasteiger partial charge in [-0.3, -0.25) is 4.90 Å². The molecular formula is C15H28N2O2. The summed E-state index contributed by atoms with van der Waals surface area (Å²) in [5.74, 6) is 0.871. The topological polar surface area (TPSA) is 35.9 Å². The second-order valence-electron chi connectivity index (χ2n) is 6.49. The van der Waals surface area contributed by atoms with Gasteiger partial charge in [-0.1, -0.05) is 0 Å². The molecule has 3 aliphatic heterocycles. The van der Waals surface area contributed by atoms with Gasteiger partial charge in [0.25, 0.3) is 0 Å². The summed E-state index contributed by atoms with van der Waals surface area (Å²) in [5.41, 5.74) is 0. The summed E-state index contributed by atoms with van der Waals surface area (Å²) in [5, 5.41) is 10.1. The van der Waals surface area contributed by atoms with Gasteiger partial charge in [0.1, 0.15) is 0 Å². The smallest absolute Gasteiger partial charge is 0.0739 e. The normalized spacial score (nSPS) is 35.8. The van der Waals surface area contributed by atoms with E-state index in [2.05, 4.69) is 9.80 Å². The molecule has 4 nitrogen and oxygen atoms in total. The van der Waals surface area contributed by atoms with Crippen LogP contribution in [0.15, 0.2) is 0 Å². The Morgan fingerprint density at radius 1 is 1.00 bits per heavy atom. The minimum atomic E-state index is -0.177. The van der Waals surface area contributed by atoms with E-state index in [1.165, 1.54) is 45.3 Å². The molecule has 2 unspecified atom stereocenters. The molecule has 0 radical (unpaired) electrons. The quantitative estimate of drug-likeness (QED) is 0.826. The van der Waals surface area contributed by atoms with Crippen molar-refractivity contribution in [2.75, 3.05) is 45.9 Å². The highest BCUT2D eigenvalue weighted by atomic mass is 16.5. The average molecular weight is 268 g/mol. The van der Waals surface area contributed by atoms with Crippen LogP contribution >= 0.6 is 0 Å². The SMILES string of the molecule is OC1CCOCC1N1CCC(CN2CCCC2)CC1. The van der Waals surface area contributed by atoms with Crippen LogP contribution in [0.4, 0.5) is 0 Å². The van der Waals surface area contributed by atoms with Crippen LogP contribution in [0.5, 0.6) is 0 Å². The van der Waals surface area contributed by atoms with Crippen LogP contribution in [-0.2, 0) is 4.74 Å². The lowest BCUT2D eigenvalue weighted by molar-refractivity contribution is -0.0695. The molecule has 19 heavy (non-hydrogen) atoms. The molecule has 2 atom stereocenters. The maximum atomic E-state index is 10.1. The Morgan fingerprint density at radius 2 is 1.74 bits per heavy atom. The molecule has 0 bridgehead atoms. The number of rotatable bonds is 3. The van der Waals surface area contributed by atoms with Gasteiger partial charge in [-0.25, -0.2) is 0 Å². The average Bonchev–Trinajstić information content (AvgIpc) is 2.93. The van der Waals surface area contributed by atoms with Crippen LogP contribution in [0.25, 0.3) is 0 Å². The van der Waals surface area contributed by atoms with Gasteiger partial charge in [0.2, 0.25) is 0 Å². The van der Waals surface area contributed by atoms with E-state index < -0.39 is 0 Å². The summed E-state index contributed by atoms with van der Waals surface area (Å²) in [6, 6.07) is 0.251. The lowest BCUT2D eigenvalue weighted by atomic mass is 9.93. The first-order valence-electron chi connectivity index (χ1n) is 8.05. The zero-order valence-corrected chi connectivity index (χ0v) is 12.0. The first kappa shape index (κ1) is 13.8. The van der Waals surface area contributed by atoms with Crippen molar-refractivity contribution < 1.29 is 9.84 Å². The third-order valence-corrected chi connectivity index (χ3v) is 5.12. The maximum Gasteiger partial charge on any atom is 0.0739 e. The molecule has 3 heterocycles. The lowest BCUT2D eigenvalue weighted by Gasteiger charge is -2.41. The minimum Gasteiger partial charge on any atom is -0.391 e. The summed E-state index contributed by atoms with van der Waals surface area (Å²) < 4.78 is 5.53. The van der Waals surface area contributed by atoms with Crippen molar-refractivity contribution in [1.82, 2.24) is 9.80 Å². The van der Waals surface area contributed by atoms with E-state index in [0.29, 0.717) is 0 Å². The second-order valence-corrected chi connectivity index (χ2v) is 6.49. The molecule has 3 aliphatic rings. The van der Waals surface area contributed by atoms with Crippen molar-refractivity contribution in [2.24, 2.45) is 5.92 Å². The fraction of sp³-hybridized carbons (Fsp3) is 1.00. The number of aliphatic hydroxyl groups excluding tert-OH is 1. The van der Waals surface area contributed by atoms with E-state index in [-0.39, 0.29) is 12.1 Å². The summed E-state index contributed by atoms with van der Waals surface area (Å²) in [6.07, 6.45) is 6.00. The van der Waals surface area contributed by atoms with Crippen LogP contribution in [0.2, 0.25) is 0 Å². The van der Waals surface area contributed by atoms with Crippen LogP contribution in [0.1, 0.15) is 32.1 Å². The van der Waals surface area contributed by atoms with E-state index in [4.69, 9.17) is 4.74 Å². The van der Waals surface area contributed by atoms with Crippen molar-refractivity contribution in [2.45, 2.75) is 44.2 Å². The fourth-order valence-electron chi connectivity index (χ4n) is 3.86. The third-order valence-electron chi connectivity index (χ3n) is 5.12. The molecule has 1 N–H and O–H groups in total. The second kappa shape index (κ2) is 6.53. The van der Waals surface area contributed by atoms with Gasteiger partial charge in [-0.05, 0) is 64.2 Å². The third kappa shape index (κ3) is 3.48. The molecule has 0 spiro atoms. The van der Waals surface area contributed by atoms with Crippen molar-refractivity contribution in [1.29, 1.82) is 0 Å². The van der Waals surface area contributed by atoms with E-state index in [9.17, 15) is 5.11 Å². The summed E-state index contributed by atoms with van der Waals surface area (Å²) in [7, 11) is 0. The molecule has 110 valence electrons. The molecule has 3 rings (SSSR count). The van der Waals surface area contributed by atoms with Crippen molar-refractivity contribution in [3.63, 3.8) is 0 Å². The number of piperidine rings is 1. The molecule has 4 heteroatoms. The Morgan fingerprint density at radius 3 is 2.42 bits per heavy atom. The Labute approximate surface area is 116 Å². The van der Waals surface area contributed by atoms with Crippen molar-refractivity contribution in [3.8, 4) is 0 Å². The van der Waals surface area contributed by atoms with Crippen LogP contribution in [0.3, 0.4) is 0 Å². The monoisotopic (exact) mass is 268 g/mol. The number of hydrogen-bond donors (Lipinski definition) is 1. The first-order valence-corrected chi connectivity index (χ1v) is 8.05. The first-order chi connectivity index (χ1) is 9.33. The van der Waals surface area contributed by atoms with Gasteiger partial charge in [-0.15, -0.1) is 0 Å². The van der Waals surface area contributed by atoms with Crippen molar-refractivity contribution >= 4 is 0 Å². The van der Waals surface area contributed by atoms with Gasteiger partial charge in [-0.2, -0.15) is 0 Å². The number of likely N-dealkylation sites (tertiary alicyclic amines) is 2. The zero-order chi connectivity index (χ0) is 13.1. The minimum absolute atomic E-state index is 0.177. The summed E-state index contributed by atoms with van der Waals surface area (Å²) in [4.78, 5) is 5.10. The molecule has 0 aromatic heterocycles. The molecule has 0 saturated carbocycles. The summed E-state index contributed by atoms with van der Waals surface area (Å²) >= 11 is 0. The zero-order valence-electron chi connectivity index (χ0n) is 12.0. The van der Waals surface area contributed by atoms with Gasteiger partial charge < -0.3 is 14.7 Å². The number of aliphatic hydroxyl groups is 1. The van der Waals surface area contributed by atoms with E-state index in [1.54, 1.807) is 0 Å². The van der Waals surface area contributed by atoms with E-state index >= 15 is 0 Å². The van der Waals surface area contributed by atoms with E-state index in [0.717, 1.165) is 38.6 Å². The van der Waals surface area contributed by atoms with Gasteiger partial charge >= 0.3 is 0 Å². The molecule has 3 saturated heterocycles. The van der Waals surface area contributed by atoms with Gasteiger partial charge in [0.05, 0.1) is 18.8 Å². The molecule has 0 aliphatic carbocycles. The molecule has 0 aromatic rings. The van der Waals surface area contributed by atoms with Crippen molar-refractivity contribution in [3.05, 3.63) is 0 Å². The Balaban J connectivity index is 1.43.